The summed E-state index contributed by atoms with van der Waals surface area (Å²) >= 11 is 1.38. The number of anilines is 1. The quantitative estimate of drug-likeness (QED) is 0.774. The minimum Gasteiger partial charge on any atom is -0.330 e. The van der Waals surface area contributed by atoms with Crippen LogP contribution in [0.4, 0.5) is 9.93 Å². The van der Waals surface area contributed by atoms with Gasteiger partial charge in [0.2, 0.25) is 0 Å². The van der Waals surface area contributed by atoms with Gasteiger partial charge in [0.1, 0.15) is 6.33 Å². The summed E-state index contributed by atoms with van der Waals surface area (Å²) in [5.74, 6) is 0.650. The molecule has 0 radical (unpaired) electrons. The number of urea groups is 1. The topological polar surface area (TPSA) is 84.7 Å². The maximum atomic E-state index is 11.9. The number of benzene rings is 1. The zero-order valence-corrected chi connectivity index (χ0v) is 12.7. The first-order valence-electron chi connectivity index (χ1n) is 6.63. The molecule has 22 heavy (non-hydrogen) atoms. The molecule has 2 amide bonds. The molecule has 0 bridgehead atoms. The van der Waals surface area contributed by atoms with Crippen molar-refractivity contribution < 1.29 is 4.79 Å². The summed E-state index contributed by atoms with van der Waals surface area (Å²) in [6, 6.07) is 9.39. The van der Waals surface area contributed by atoms with E-state index in [1.807, 2.05) is 47.2 Å². The molecule has 3 aromatic rings. The Labute approximate surface area is 131 Å². The smallest absolute Gasteiger partial charge is 0.321 e. The van der Waals surface area contributed by atoms with Crippen LogP contribution in [0.15, 0.2) is 42.0 Å². The van der Waals surface area contributed by atoms with Crippen LogP contribution in [-0.2, 0) is 6.54 Å². The van der Waals surface area contributed by atoms with Crippen molar-refractivity contribution >= 4 is 22.5 Å². The molecule has 0 unspecified atom stereocenters. The van der Waals surface area contributed by atoms with E-state index >= 15 is 0 Å². The number of nitrogens with zero attached hydrogens (tertiary/aromatic N) is 4. The van der Waals surface area contributed by atoms with Crippen molar-refractivity contribution in [3.63, 3.8) is 0 Å². The van der Waals surface area contributed by atoms with E-state index < -0.39 is 0 Å². The number of para-hydroxylation sites is 1. The Morgan fingerprint density at radius 2 is 2.14 bits per heavy atom. The van der Waals surface area contributed by atoms with Crippen LogP contribution in [0.1, 0.15) is 11.5 Å². The van der Waals surface area contributed by atoms with E-state index in [2.05, 4.69) is 25.8 Å². The molecule has 0 aliphatic heterocycles. The number of thiazole rings is 1. The number of aromatic nitrogens is 4. The molecule has 0 aliphatic carbocycles. The Balaban J connectivity index is 1.63. The zero-order chi connectivity index (χ0) is 15.4. The highest BCUT2D eigenvalue weighted by atomic mass is 32.1. The molecule has 8 heteroatoms. The molecule has 2 heterocycles. The summed E-state index contributed by atoms with van der Waals surface area (Å²) < 4.78 is 1.83. The van der Waals surface area contributed by atoms with Crippen LogP contribution < -0.4 is 10.6 Å². The number of carbonyl (C=O) groups excluding carboxylic acids is 1. The third kappa shape index (κ3) is 3.29. The number of hydrogen-bond donors (Lipinski definition) is 2. The van der Waals surface area contributed by atoms with Crippen LogP contribution in [0, 0.1) is 6.92 Å². The van der Waals surface area contributed by atoms with Crippen LogP contribution in [0.25, 0.3) is 5.69 Å². The van der Waals surface area contributed by atoms with Gasteiger partial charge in [0.05, 0.1) is 12.2 Å². The Morgan fingerprint density at radius 1 is 1.32 bits per heavy atom. The second-order valence-corrected chi connectivity index (χ2v) is 5.41. The van der Waals surface area contributed by atoms with E-state index in [0.29, 0.717) is 11.0 Å². The van der Waals surface area contributed by atoms with Gasteiger partial charge in [0.25, 0.3) is 0 Å². The molecule has 112 valence electrons. The highest BCUT2D eigenvalue weighted by molar-refractivity contribution is 7.13. The van der Waals surface area contributed by atoms with Crippen molar-refractivity contribution in [2.45, 2.75) is 13.5 Å². The standard InChI is InChI=1S/C14H14N6OS/c1-10-8-22-14(17-10)18-13(21)15-7-12-19-16-9-20(12)11-5-3-2-4-6-11/h2-6,8-9H,7H2,1H3,(H2,15,17,18,21). The van der Waals surface area contributed by atoms with Gasteiger partial charge in [-0.3, -0.25) is 9.88 Å². The van der Waals surface area contributed by atoms with Crippen molar-refractivity contribution in [2.24, 2.45) is 0 Å². The highest BCUT2D eigenvalue weighted by Gasteiger charge is 2.09. The normalized spacial score (nSPS) is 10.4. The average molecular weight is 314 g/mol. The van der Waals surface area contributed by atoms with Gasteiger partial charge in [-0.2, -0.15) is 0 Å². The summed E-state index contributed by atoms with van der Waals surface area (Å²) in [6.45, 7) is 2.15. The SMILES string of the molecule is Cc1csc(NC(=O)NCc2nncn2-c2ccccc2)n1. The number of amides is 2. The number of rotatable bonds is 4. The van der Waals surface area contributed by atoms with Crippen LogP contribution in [0.2, 0.25) is 0 Å². The molecule has 3 rings (SSSR count). The number of carbonyl (C=O) groups is 1. The third-order valence-corrected chi connectivity index (χ3v) is 3.77. The van der Waals surface area contributed by atoms with Gasteiger partial charge in [0, 0.05) is 11.1 Å². The molecule has 0 saturated heterocycles. The molecular weight excluding hydrogens is 300 g/mol. The Hall–Kier alpha value is -2.74. The summed E-state index contributed by atoms with van der Waals surface area (Å²) in [5.41, 5.74) is 1.82. The molecule has 7 nitrogen and oxygen atoms in total. The van der Waals surface area contributed by atoms with E-state index in [4.69, 9.17) is 0 Å². The predicted octanol–water partition coefficient (Wildman–Crippen LogP) is 2.35. The molecular formula is C14H14N6OS. The minimum atomic E-state index is -0.322. The first-order chi connectivity index (χ1) is 10.7. The number of hydrogen-bond acceptors (Lipinski definition) is 5. The first-order valence-corrected chi connectivity index (χ1v) is 7.51. The summed E-state index contributed by atoms with van der Waals surface area (Å²) in [7, 11) is 0. The predicted molar refractivity (Wildman–Crippen MR) is 84.1 cm³/mol. The molecule has 0 atom stereocenters. The molecule has 2 N–H and O–H groups in total. The maximum Gasteiger partial charge on any atom is 0.321 e. The molecule has 0 saturated carbocycles. The second-order valence-electron chi connectivity index (χ2n) is 4.55. The molecule has 2 aromatic heterocycles. The van der Waals surface area contributed by atoms with E-state index in [-0.39, 0.29) is 12.6 Å². The Kier molecular flexibility index (Phi) is 4.10. The minimum absolute atomic E-state index is 0.269. The van der Waals surface area contributed by atoms with Crippen molar-refractivity contribution in [1.82, 2.24) is 25.1 Å². The molecule has 0 spiro atoms. The van der Waals surface area contributed by atoms with Gasteiger partial charge in [-0.15, -0.1) is 21.5 Å². The molecule has 0 aliphatic rings. The van der Waals surface area contributed by atoms with Crippen molar-refractivity contribution in [3.8, 4) is 5.69 Å². The van der Waals surface area contributed by atoms with E-state index in [1.165, 1.54) is 11.3 Å². The first kappa shape index (κ1) is 14.2. The van der Waals surface area contributed by atoms with E-state index in [0.717, 1.165) is 11.4 Å². The van der Waals surface area contributed by atoms with E-state index in [9.17, 15) is 4.79 Å². The number of aryl methyl sites for hydroxylation is 1. The highest BCUT2D eigenvalue weighted by Crippen LogP contribution is 2.14. The van der Waals surface area contributed by atoms with Crippen molar-refractivity contribution in [2.75, 3.05) is 5.32 Å². The van der Waals surface area contributed by atoms with E-state index in [1.54, 1.807) is 6.33 Å². The van der Waals surface area contributed by atoms with Gasteiger partial charge in [0.15, 0.2) is 11.0 Å². The lowest BCUT2D eigenvalue weighted by atomic mass is 10.3. The van der Waals surface area contributed by atoms with Gasteiger partial charge in [-0.05, 0) is 19.1 Å². The van der Waals surface area contributed by atoms with Crippen LogP contribution >= 0.6 is 11.3 Å². The largest absolute Gasteiger partial charge is 0.330 e. The van der Waals surface area contributed by atoms with Crippen molar-refractivity contribution in [3.05, 3.63) is 53.6 Å². The number of nitrogens with one attached hydrogen (secondary N) is 2. The summed E-state index contributed by atoms with van der Waals surface area (Å²) in [6.07, 6.45) is 1.62. The summed E-state index contributed by atoms with van der Waals surface area (Å²) in [4.78, 5) is 16.0. The van der Waals surface area contributed by atoms with Crippen LogP contribution in [0.5, 0.6) is 0 Å². The lowest BCUT2D eigenvalue weighted by Crippen LogP contribution is -2.29. The Bertz CT molecular complexity index is 767. The van der Waals surface area contributed by atoms with Gasteiger partial charge < -0.3 is 5.32 Å². The fourth-order valence-electron chi connectivity index (χ4n) is 1.90. The molecule has 1 aromatic carbocycles. The molecule has 0 fully saturated rings. The third-order valence-electron chi connectivity index (χ3n) is 2.90. The lowest BCUT2D eigenvalue weighted by molar-refractivity contribution is 0.251. The van der Waals surface area contributed by atoms with Crippen molar-refractivity contribution in [1.29, 1.82) is 0 Å². The van der Waals surface area contributed by atoms with Gasteiger partial charge in [-0.1, -0.05) is 18.2 Å². The van der Waals surface area contributed by atoms with Crippen LogP contribution in [0.3, 0.4) is 0 Å². The fraction of sp³-hybridized carbons (Fsp3) is 0.143. The fourth-order valence-corrected chi connectivity index (χ4v) is 2.58. The summed E-state index contributed by atoms with van der Waals surface area (Å²) in [5, 5.41) is 15.8. The maximum absolute atomic E-state index is 11.9. The average Bonchev–Trinajstić information content (AvgIpc) is 3.15. The van der Waals surface area contributed by atoms with Gasteiger partial charge >= 0.3 is 6.03 Å². The van der Waals surface area contributed by atoms with Gasteiger partial charge in [-0.25, -0.2) is 9.78 Å². The monoisotopic (exact) mass is 314 g/mol. The Morgan fingerprint density at radius 3 is 2.86 bits per heavy atom. The van der Waals surface area contributed by atoms with Crippen LogP contribution in [-0.4, -0.2) is 25.8 Å². The zero-order valence-electron chi connectivity index (χ0n) is 11.9. The lowest BCUT2D eigenvalue weighted by Gasteiger charge is -2.07. The second kappa shape index (κ2) is 6.35.